The van der Waals surface area contributed by atoms with Gasteiger partial charge >= 0.3 is 0 Å². The molecule has 2 aromatic rings. The molecule has 1 aromatic heterocycles. The van der Waals surface area contributed by atoms with Crippen molar-refractivity contribution in [3.8, 4) is 0 Å². The van der Waals surface area contributed by atoms with Crippen LogP contribution in [0.3, 0.4) is 0 Å². The lowest BCUT2D eigenvalue weighted by molar-refractivity contribution is -0.122. The highest BCUT2D eigenvalue weighted by molar-refractivity contribution is 5.95. The average Bonchev–Trinajstić information content (AvgIpc) is 2.60. The van der Waals surface area contributed by atoms with Gasteiger partial charge in [0.2, 0.25) is 5.91 Å². The highest BCUT2D eigenvalue weighted by atomic mass is 16.2. The summed E-state index contributed by atoms with van der Waals surface area (Å²) in [5.74, 6) is 0.616. The Morgan fingerprint density at radius 1 is 1.08 bits per heavy atom. The Hall–Kier alpha value is -2.24. The van der Waals surface area contributed by atoms with Crippen LogP contribution in [0.4, 0.5) is 5.82 Å². The maximum Gasteiger partial charge on any atom is 0.247 e. The van der Waals surface area contributed by atoms with E-state index in [1.807, 2.05) is 49.4 Å². The highest BCUT2D eigenvalue weighted by Gasteiger charge is 2.30. The summed E-state index contributed by atoms with van der Waals surface area (Å²) in [5, 5.41) is 3.01. The number of hydrogen-bond acceptors (Lipinski definition) is 4. The number of pyridine rings is 1. The fraction of sp³-hybridized carbons (Fsp3) is 0.368. The van der Waals surface area contributed by atoms with Crippen LogP contribution >= 0.6 is 0 Å². The van der Waals surface area contributed by atoms with E-state index in [9.17, 15) is 4.79 Å². The predicted molar refractivity (Wildman–Crippen MR) is 95.9 cm³/mol. The third-order valence-electron chi connectivity index (χ3n) is 4.52. The SMILES string of the molecule is Cc1cccnc1NC(=O)[C@H](c1ccccc1)N1CCN(C)CC1. The molecule has 5 nitrogen and oxygen atoms in total. The zero-order valence-corrected chi connectivity index (χ0v) is 14.3. The van der Waals surface area contributed by atoms with E-state index in [0.717, 1.165) is 37.3 Å². The molecule has 0 saturated carbocycles. The van der Waals surface area contributed by atoms with Crippen molar-refractivity contribution < 1.29 is 4.79 Å². The summed E-state index contributed by atoms with van der Waals surface area (Å²) in [6.07, 6.45) is 1.70. The van der Waals surface area contributed by atoms with E-state index in [2.05, 4.69) is 27.1 Å². The summed E-state index contributed by atoms with van der Waals surface area (Å²) in [5.41, 5.74) is 1.99. The molecule has 24 heavy (non-hydrogen) atoms. The molecule has 1 N–H and O–H groups in total. The van der Waals surface area contributed by atoms with E-state index in [-0.39, 0.29) is 11.9 Å². The molecular weight excluding hydrogens is 300 g/mol. The van der Waals surface area contributed by atoms with Crippen molar-refractivity contribution in [2.75, 3.05) is 38.5 Å². The Balaban J connectivity index is 1.84. The molecule has 1 amide bonds. The number of anilines is 1. The summed E-state index contributed by atoms with van der Waals surface area (Å²) in [4.78, 5) is 21.9. The zero-order chi connectivity index (χ0) is 16.9. The number of carbonyl (C=O) groups excluding carboxylic acids is 1. The highest BCUT2D eigenvalue weighted by Crippen LogP contribution is 2.24. The van der Waals surface area contributed by atoms with Crippen LogP contribution in [-0.4, -0.2) is 53.9 Å². The largest absolute Gasteiger partial charge is 0.309 e. The number of nitrogens with one attached hydrogen (secondary N) is 1. The maximum absolute atomic E-state index is 13.0. The van der Waals surface area contributed by atoms with Gasteiger partial charge in [0.15, 0.2) is 0 Å². The van der Waals surface area contributed by atoms with Gasteiger partial charge in [-0.05, 0) is 31.2 Å². The number of aromatic nitrogens is 1. The number of rotatable bonds is 4. The van der Waals surface area contributed by atoms with Crippen LogP contribution in [0.5, 0.6) is 0 Å². The molecule has 1 aromatic carbocycles. The van der Waals surface area contributed by atoms with Gasteiger partial charge in [0.05, 0.1) is 0 Å². The average molecular weight is 324 g/mol. The van der Waals surface area contributed by atoms with Crippen LogP contribution in [0.1, 0.15) is 17.2 Å². The first-order valence-corrected chi connectivity index (χ1v) is 8.35. The van der Waals surface area contributed by atoms with E-state index in [1.165, 1.54) is 0 Å². The van der Waals surface area contributed by atoms with Gasteiger partial charge in [0, 0.05) is 32.4 Å². The monoisotopic (exact) mass is 324 g/mol. The Labute approximate surface area is 143 Å². The Bertz CT molecular complexity index is 681. The molecule has 126 valence electrons. The maximum atomic E-state index is 13.0. The standard InChI is InChI=1S/C19H24N4O/c1-15-7-6-10-20-18(15)21-19(24)17(16-8-4-3-5-9-16)23-13-11-22(2)12-14-23/h3-10,17H,11-14H2,1-2H3,(H,20,21,24)/t17-/m0/s1. The second kappa shape index (κ2) is 7.55. The number of amides is 1. The molecule has 1 aliphatic heterocycles. The lowest BCUT2D eigenvalue weighted by Gasteiger charge is -2.37. The van der Waals surface area contributed by atoms with Gasteiger partial charge < -0.3 is 10.2 Å². The topological polar surface area (TPSA) is 48.5 Å². The second-order valence-corrected chi connectivity index (χ2v) is 6.31. The van der Waals surface area contributed by atoms with Crippen LogP contribution < -0.4 is 5.32 Å². The van der Waals surface area contributed by atoms with Gasteiger partial charge in [-0.3, -0.25) is 9.69 Å². The number of benzene rings is 1. The van der Waals surface area contributed by atoms with Gasteiger partial charge in [-0.1, -0.05) is 36.4 Å². The number of carbonyl (C=O) groups is 1. The normalized spacial score (nSPS) is 17.4. The van der Waals surface area contributed by atoms with E-state index in [1.54, 1.807) is 6.20 Å². The van der Waals surface area contributed by atoms with E-state index < -0.39 is 0 Å². The minimum atomic E-state index is -0.290. The van der Waals surface area contributed by atoms with Crippen molar-refractivity contribution in [3.63, 3.8) is 0 Å². The summed E-state index contributed by atoms with van der Waals surface area (Å²) >= 11 is 0. The summed E-state index contributed by atoms with van der Waals surface area (Å²) in [7, 11) is 2.12. The number of aryl methyl sites for hydroxylation is 1. The quantitative estimate of drug-likeness (QED) is 0.938. The number of likely N-dealkylation sites (N-methyl/N-ethyl adjacent to an activating group) is 1. The molecule has 0 radical (unpaired) electrons. The molecule has 0 spiro atoms. The fourth-order valence-electron chi connectivity index (χ4n) is 3.05. The third-order valence-corrected chi connectivity index (χ3v) is 4.52. The first kappa shape index (κ1) is 16.6. The fourth-order valence-corrected chi connectivity index (χ4v) is 3.05. The van der Waals surface area contributed by atoms with Crippen molar-refractivity contribution in [3.05, 3.63) is 59.8 Å². The summed E-state index contributed by atoms with van der Waals surface area (Å²) in [6, 6.07) is 13.5. The van der Waals surface area contributed by atoms with Crippen molar-refractivity contribution >= 4 is 11.7 Å². The molecule has 1 aliphatic rings. The lowest BCUT2D eigenvalue weighted by atomic mass is 10.0. The predicted octanol–water partition coefficient (Wildman–Crippen LogP) is 2.32. The van der Waals surface area contributed by atoms with Crippen molar-refractivity contribution in [2.45, 2.75) is 13.0 Å². The Kier molecular flexibility index (Phi) is 5.23. The molecule has 0 bridgehead atoms. The molecule has 3 rings (SSSR count). The summed E-state index contributed by atoms with van der Waals surface area (Å²) < 4.78 is 0. The Morgan fingerprint density at radius 2 is 1.79 bits per heavy atom. The Morgan fingerprint density at radius 3 is 2.46 bits per heavy atom. The number of nitrogens with zero attached hydrogens (tertiary/aromatic N) is 3. The lowest BCUT2D eigenvalue weighted by Crippen LogP contribution is -2.48. The zero-order valence-electron chi connectivity index (χ0n) is 14.3. The van der Waals surface area contributed by atoms with Crippen molar-refractivity contribution in [1.29, 1.82) is 0 Å². The van der Waals surface area contributed by atoms with Gasteiger partial charge in [0.1, 0.15) is 11.9 Å². The molecule has 1 atom stereocenters. The second-order valence-electron chi connectivity index (χ2n) is 6.31. The minimum absolute atomic E-state index is 0.0208. The van der Waals surface area contributed by atoms with Crippen LogP contribution in [-0.2, 0) is 4.79 Å². The molecule has 0 unspecified atom stereocenters. The molecule has 1 fully saturated rings. The van der Waals surface area contributed by atoms with Crippen molar-refractivity contribution in [2.24, 2.45) is 0 Å². The van der Waals surface area contributed by atoms with E-state index >= 15 is 0 Å². The van der Waals surface area contributed by atoms with E-state index in [4.69, 9.17) is 0 Å². The van der Waals surface area contributed by atoms with Crippen LogP contribution in [0.2, 0.25) is 0 Å². The van der Waals surface area contributed by atoms with Crippen LogP contribution in [0.15, 0.2) is 48.7 Å². The van der Waals surface area contributed by atoms with Crippen LogP contribution in [0, 0.1) is 6.92 Å². The van der Waals surface area contributed by atoms with Crippen molar-refractivity contribution in [1.82, 2.24) is 14.8 Å². The smallest absolute Gasteiger partial charge is 0.247 e. The molecule has 5 heteroatoms. The number of hydrogen-bond donors (Lipinski definition) is 1. The minimum Gasteiger partial charge on any atom is -0.309 e. The molecule has 0 aliphatic carbocycles. The van der Waals surface area contributed by atoms with Crippen LogP contribution in [0.25, 0.3) is 0 Å². The first-order valence-electron chi connectivity index (χ1n) is 8.35. The third kappa shape index (κ3) is 3.80. The number of piperazine rings is 1. The van der Waals surface area contributed by atoms with Gasteiger partial charge in [-0.25, -0.2) is 4.98 Å². The van der Waals surface area contributed by atoms with E-state index in [0.29, 0.717) is 5.82 Å². The summed E-state index contributed by atoms with van der Waals surface area (Å²) in [6.45, 7) is 5.66. The van der Waals surface area contributed by atoms with Gasteiger partial charge in [-0.15, -0.1) is 0 Å². The molecule has 1 saturated heterocycles. The van der Waals surface area contributed by atoms with Gasteiger partial charge in [-0.2, -0.15) is 0 Å². The first-order chi connectivity index (χ1) is 11.6. The molecular formula is C19H24N4O. The molecule has 2 heterocycles. The van der Waals surface area contributed by atoms with Gasteiger partial charge in [0.25, 0.3) is 0 Å².